The Labute approximate surface area is 121 Å². The number of rotatable bonds is 3. The normalized spacial score (nSPS) is 11.6. The fourth-order valence-corrected chi connectivity index (χ4v) is 2.93. The third kappa shape index (κ3) is 2.27. The minimum Gasteiger partial charge on any atom is -0.399 e. The molecule has 0 saturated heterocycles. The highest BCUT2D eigenvalue weighted by molar-refractivity contribution is 7.19. The van der Waals surface area contributed by atoms with Gasteiger partial charge in [0.05, 0.1) is 0 Å². The molecule has 0 spiro atoms. The molecule has 5 nitrogen and oxygen atoms in total. The van der Waals surface area contributed by atoms with E-state index in [2.05, 4.69) is 35.2 Å². The molecule has 20 heavy (non-hydrogen) atoms. The average molecular weight is 287 g/mol. The lowest BCUT2D eigenvalue weighted by atomic mass is 10.1. The second-order valence-corrected chi connectivity index (χ2v) is 6.34. The Morgan fingerprint density at radius 2 is 2.10 bits per heavy atom. The first-order valence-corrected chi connectivity index (χ1v) is 7.44. The number of hydrogen-bond donors (Lipinski definition) is 1. The van der Waals surface area contributed by atoms with Crippen molar-refractivity contribution in [1.82, 2.24) is 19.8 Å². The van der Waals surface area contributed by atoms with Crippen LogP contribution in [0.15, 0.2) is 18.2 Å². The third-order valence-electron chi connectivity index (χ3n) is 3.16. The maximum absolute atomic E-state index is 5.86. The van der Waals surface area contributed by atoms with Gasteiger partial charge in [0.15, 0.2) is 5.82 Å². The van der Waals surface area contributed by atoms with Gasteiger partial charge in [-0.05, 0) is 36.6 Å². The number of fused-ring (bicyclic) bond motifs is 1. The van der Waals surface area contributed by atoms with Crippen molar-refractivity contribution in [3.63, 3.8) is 0 Å². The van der Waals surface area contributed by atoms with Crippen LogP contribution in [0.25, 0.3) is 15.5 Å². The van der Waals surface area contributed by atoms with Crippen molar-refractivity contribution in [2.24, 2.45) is 5.92 Å². The molecule has 0 fully saturated rings. The number of aromatic nitrogens is 4. The highest BCUT2D eigenvalue weighted by Gasteiger charge is 2.14. The molecule has 1 aromatic carbocycles. The van der Waals surface area contributed by atoms with E-state index in [-0.39, 0.29) is 0 Å². The van der Waals surface area contributed by atoms with Crippen LogP contribution in [0.4, 0.5) is 5.69 Å². The Bertz CT molecular complexity index is 756. The molecule has 2 N–H and O–H groups in total. The van der Waals surface area contributed by atoms with Crippen molar-refractivity contribution in [2.75, 3.05) is 5.73 Å². The van der Waals surface area contributed by atoms with E-state index in [1.165, 1.54) is 0 Å². The summed E-state index contributed by atoms with van der Waals surface area (Å²) in [4.78, 5) is 0.838. The van der Waals surface area contributed by atoms with Crippen LogP contribution in [0.5, 0.6) is 0 Å². The molecular formula is C14H17N5S. The second-order valence-electron chi connectivity index (χ2n) is 5.39. The number of anilines is 1. The largest absolute Gasteiger partial charge is 0.399 e. The minimum atomic E-state index is 0.534. The predicted octanol–water partition coefficient (Wildman–Crippen LogP) is 2.94. The Kier molecular flexibility index (Phi) is 3.17. The van der Waals surface area contributed by atoms with E-state index >= 15 is 0 Å². The summed E-state index contributed by atoms with van der Waals surface area (Å²) in [6.07, 6.45) is 0.880. The van der Waals surface area contributed by atoms with Gasteiger partial charge >= 0.3 is 0 Å². The molecule has 0 aliphatic carbocycles. The maximum atomic E-state index is 5.86. The smallest absolute Gasteiger partial charge is 0.234 e. The van der Waals surface area contributed by atoms with Crippen LogP contribution >= 0.6 is 11.3 Å². The summed E-state index contributed by atoms with van der Waals surface area (Å²) in [5.41, 5.74) is 8.80. The number of nitrogens with two attached hydrogens (primary N) is 1. The monoisotopic (exact) mass is 287 g/mol. The predicted molar refractivity (Wildman–Crippen MR) is 81.8 cm³/mol. The van der Waals surface area contributed by atoms with Crippen molar-refractivity contribution in [3.8, 4) is 10.6 Å². The number of hydrogen-bond acceptors (Lipinski definition) is 5. The molecule has 0 saturated carbocycles. The zero-order chi connectivity index (χ0) is 14.3. The maximum Gasteiger partial charge on any atom is 0.234 e. The molecule has 2 heterocycles. The van der Waals surface area contributed by atoms with Gasteiger partial charge in [0.25, 0.3) is 0 Å². The van der Waals surface area contributed by atoms with Gasteiger partial charge < -0.3 is 5.73 Å². The molecular weight excluding hydrogens is 270 g/mol. The van der Waals surface area contributed by atoms with E-state index < -0.39 is 0 Å². The first-order chi connectivity index (χ1) is 9.54. The molecule has 104 valence electrons. The van der Waals surface area contributed by atoms with Gasteiger partial charge in [-0.2, -0.15) is 9.61 Å². The molecule has 0 amide bonds. The Morgan fingerprint density at radius 1 is 1.30 bits per heavy atom. The van der Waals surface area contributed by atoms with E-state index in [0.717, 1.165) is 39.0 Å². The van der Waals surface area contributed by atoms with Crippen molar-refractivity contribution in [3.05, 3.63) is 29.6 Å². The molecule has 3 rings (SSSR count). The molecule has 0 bridgehead atoms. The van der Waals surface area contributed by atoms with E-state index in [0.29, 0.717) is 5.92 Å². The van der Waals surface area contributed by atoms with Gasteiger partial charge in [-0.1, -0.05) is 25.2 Å². The summed E-state index contributed by atoms with van der Waals surface area (Å²) >= 11 is 1.55. The van der Waals surface area contributed by atoms with Crippen LogP contribution < -0.4 is 5.73 Å². The molecule has 0 atom stereocenters. The Balaban J connectivity index is 2.04. The van der Waals surface area contributed by atoms with Crippen LogP contribution in [-0.2, 0) is 6.42 Å². The van der Waals surface area contributed by atoms with E-state index in [9.17, 15) is 0 Å². The lowest BCUT2D eigenvalue weighted by Gasteiger charge is -2.02. The summed E-state index contributed by atoms with van der Waals surface area (Å²) in [5.74, 6) is 1.45. The fourth-order valence-electron chi connectivity index (χ4n) is 2.08. The molecule has 0 aliphatic rings. The molecule has 3 aromatic rings. The molecule has 0 radical (unpaired) electrons. The summed E-state index contributed by atoms with van der Waals surface area (Å²) < 4.78 is 1.85. The van der Waals surface area contributed by atoms with Crippen LogP contribution in [-0.4, -0.2) is 19.8 Å². The van der Waals surface area contributed by atoms with Gasteiger partial charge in [0.2, 0.25) is 4.96 Å². The lowest BCUT2D eigenvalue weighted by Crippen LogP contribution is -2.01. The SMILES string of the molecule is Cc1cc(-c2nn3c(CC(C)C)nnc3s2)ccc1N. The summed E-state index contributed by atoms with van der Waals surface area (Å²) in [6.45, 7) is 6.33. The van der Waals surface area contributed by atoms with Crippen molar-refractivity contribution >= 4 is 22.0 Å². The number of benzene rings is 1. The minimum absolute atomic E-state index is 0.534. The third-order valence-corrected chi connectivity index (χ3v) is 4.11. The Morgan fingerprint density at radius 3 is 2.80 bits per heavy atom. The quantitative estimate of drug-likeness (QED) is 0.752. The lowest BCUT2D eigenvalue weighted by molar-refractivity contribution is 0.607. The standard InChI is InChI=1S/C14H17N5S/c1-8(2)6-12-16-17-14-19(12)18-13(20-14)10-4-5-11(15)9(3)7-10/h4-5,7-8H,6,15H2,1-3H3. The number of nitrogens with zero attached hydrogens (tertiary/aromatic N) is 4. The topological polar surface area (TPSA) is 69.1 Å². The van der Waals surface area contributed by atoms with Crippen LogP contribution in [0.1, 0.15) is 25.2 Å². The number of aryl methyl sites for hydroxylation is 1. The first kappa shape index (κ1) is 13.1. The van der Waals surface area contributed by atoms with Crippen molar-refractivity contribution in [2.45, 2.75) is 27.2 Å². The fraction of sp³-hybridized carbons (Fsp3) is 0.357. The van der Waals surface area contributed by atoms with Gasteiger partial charge in [-0.25, -0.2) is 0 Å². The van der Waals surface area contributed by atoms with Gasteiger partial charge in [-0.15, -0.1) is 10.2 Å². The first-order valence-electron chi connectivity index (χ1n) is 6.62. The molecule has 0 unspecified atom stereocenters. The summed E-state index contributed by atoms with van der Waals surface area (Å²) in [5, 5.41) is 14.0. The van der Waals surface area contributed by atoms with E-state index in [4.69, 9.17) is 5.73 Å². The highest BCUT2D eigenvalue weighted by atomic mass is 32.1. The number of nitrogen functional groups attached to an aromatic ring is 1. The zero-order valence-corrected chi connectivity index (χ0v) is 12.6. The molecule has 0 aliphatic heterocycles. The van der Waals surface area contributed by atoms with Gasteiger partial charge in [0.1, 0.15) is 5.01 Å². The van der Waals surface area contributed by atoms with Crippen molar-refractivity contribution in [1.29, 1.82) is 0 Å². The van der Waals surface area contributed by atoms with Gasteiger partial charge in [0, 0.05) is 17.7 Å². The zero-order valence-electron chi connectivity index (χ0n) is 11.8. The van der Waals surface area contributed by atoms with Crippen molar-refractivity contribution < 1.29 is 0 Å². The van der Waals surface area contributed by atoms with E-state index in [1.807, 2.05) is 23.6 Å². The van der Waals surface area contributed by atoms with Crippen LogP contribution in [0.3, 0.4) is 0 Å². The summed E-state index contributed by atoms with van der Waals surface area (Å²) in [6, 6.07) is 5.97. The van der Waals surface area contributed by atoms with E-state index in [1.54, 1.807) is 11.3 Å². The second kappa shape index (κ2) is 4.86. The van der Waals surface area contributed by atoms with Crippen LogP contribution in [0.2, 0.25) is 0 Å². The molecule has 6 heteroatoms. The Hall–Kier alpha value is -1.95. The highest BCUT2D eigenvalue weighted by Crippen LogP contribution is 2.28. The average Bonchev–Trinajstić information content (AvgIpc) is 2.94. The van der Waals surface area contributed by atoms with Crippen LogP contribution in [0, 0.1) is 12.8 Å². The van der Waals surface area contributed by atoms with Gasteiger partial charge in [-0.3, -0.25) is 0 Å². The summed E-state index contributed by atoms with van der Waals surface area (Å²) in [7, 11) is 0. The molecule has 2 aromatic heterocycles.